The number of hydrogen-bond acceptors (Lipinski definition) is 7. The highest BCUT2D eigenvalue weighted by Crippen LogP contribution is 2.29. The zero-order valence-electron chi connectivity index (χ0n) is 22.8. The first-order chi connectivity index (χ1) is 18.0. The Balaban J connectivity index is 0.000000304. The molecule has 8 nitrogen and oxygen atoms in total. The van der Waals surface area contributed by atoms with Crippen LogP contribution in [0.2, 0.25) is 0 Å². The Hall–Kier alpha value is -3.14. The maximum atomic E-state index is 12.5. The minimum absolute atomic E-state index is 0.149. The lowest BCUT2D eigenvalue weighted by Crippen LogP contribution is -2.38. The van der Waals surface area contributed by atoms with Gasteiger partial charge in [0.1, 0.15) is 10.6 Å². The van der Waals surface area contributed by atoms with Gasteiger partial charge in [0, 0.05) is 33.3 Å². The maximum absolute atomic E-state index is 12.5. The summed E-state index contributed by atoms with van der Waals surface area (Å²) in [4.78, 5) is 16.2. The molecule has 0 spiro atoms. The van der Waals surface area contributed by atoms with Crippen LogP contribution in [0.5, 0.6) is 0 Å². The van der Waals surface area contributed by atoms with E-state index in [-0.39, 0.29) is 5.91 Å². The van der Waals surface area contributed by atoms with Crippen LogP contribution < -0.4 is 15.8 Å². The van der Waals surface area contributed by atoms with Gasteiger partial charge in [-0.2, -0.15) is 5.10 Å². The number of aromatic nitrogens is 2. The molecule has 9 heteroatoms. The van der Waals surface area contributed by atoms with Crippen molar-refractivity contribution < 1.29 is 9.53 Å². The van der Waals surface area contributed by atoms with Crippen LogP contribution in [-0.4, -0.2) is 67.9 Å². The number of thiophene rings is 1. The second-order valence-electron chi connectivity index (χ2n) is 8.46. The summed E-state index contributed by atoms with van der Waals surface area (Å²) in [6.45, 7) is 11.0. The summed E-state index contributed by atoms with van der Waals surface area (Å²) in [5.74, 6) is 0.679. The first-order valence-corrected chi connectivity index (χ1v) is 13.6. The van der Waals surface area contributed by atoms with E-state index in [1.165, 1.54) is 24.3 Å². The van der Waals surface area contributed by atoms with Gasteiger partial charge in [-0.3, -0.25) is 20.3 Å². The van der Waals surface area contributed by atoms with Gasteiger partial charge in [-0.05, 0) is 51.9 Å². The van der Waals surface area contributed by atoms with E-state index in [1.54, 1.807) is 5.01 Å². The molecule has 1 fully saturated rings. The number of carbonyl (C=O) groups is 1. The van der Waals surface area contributed by atoms with Crippen molar-refractivity contribution in [3.8, 4) is 0 Å². The van der Waals surface area contributed by atoms with E-state index in [0.717, 1.165) is 47.9 Å². The van der Waals surface area contributed by atoms with Gasteiger partial charge in [-0.25, -0.2) is 0 Å². The quantitative estimate of drug-likeness (QED) is 0.270. The van der Waals surface area contributed by atoms with E-state index in [1.807, 2.05) is 69.4 Å². The zero-order valence-corrected chi connectivity index (χ0v) is 23.6. The number of amides is 1. The number of H-pyrrole nitrogens is 1. The van der Waals surface area contributed by atoms with Gasteiger partial charge in [0.25, 0.3) is 5.91 Å². The van der Waals surface area contributed by atoms with Crippen LogP contribution >= 0.6 is 11.3 Å². The van der Waals surface area contributed by atoms with Crippen LogP contribution in [0.25, 0.3) is 10.2 Å². The number of allylic oxidation sites excluding steroid dienone is 3. The Kier molecular flexibility index (Phi) is 14.1. The molecular weight excluding hydrogens is 484 g/mol. The van der Waals surface area contributed by atoms with Crippen LogP contribution in [0.15, 0.2) is 60.7 Å². The molecule has 3 aromatic rings. The third-order valence-corrected chi connectivity index (χ3v) is 6.46. The van der Waals surface area contributed by atoms with E-state index in [0.29, 0.717) is 11.4 Å². The number of aromatic amines is 1. The first kappa shape index (κ1) is 30.1. The molecule has 0 atom stereocenters. The number of rotatable bonds is 7. The van der Waals surface area contributed by atoms with Crippen LogP contribution in [0.1, 0.15) is 43.3 Å². The molecule has 3 heterocycles. The van der Waals surface area contributed by atoms with Crippen molar-refractivity contribution in [1.82, 2.24) is 20.5 Å². The highest BCUT2D eigenvalue weighted by Gasteiger charge is 2.16. The molecule has 0 aliphatic carbocycles. The summed E-state index contributed by atoms with van der Waals surface area (Å²) >= 11 is 1.36. The van der Waals surface area contributed by atoms with Gasteiger partial charge in [0.15, 0.2) is 0 Å². The lowest BCUT2D eigenvalue weighted by atomic mass is 10.3. The summed E-state index contributed by atoms with van der Waals surface area (Å²) in [7, 11) is 3.95. The second kappa shape index (κ2) is 17.3. The lowest BCUT2D eigenvalue weighted by molar-refractivity contribution is 0.0955. The predicted molar refractivity (Wildman–Crippen MR) is 158 cm³/mol. The van der Waals surface area contributed by atoms with Crippen molar-refractivity contribution in [2.24, 2.45) is 0 Å². The van der Waals surface area contributed by atoms with Crippen LogP contribution in [0.3, 0.4) is 0 Å². The molecule has 2 aromatic heterocycles. The van der Waals surface area contributed by atoms with Crippen molar-refractivity contribution in [2.45, 2.75) is 33.6 Å². The highest BCUT2D eigenvalue weighted by atomic mass is 32.1. The molecular formula is C28H42N6O2S. The molecule has 0 unspecified atom stereocenters. The predicted octanol–water partition coefficient (Wildman–Crippen LogP) is 5.70. The van der Waals surface area contributed by atoms with Gasteiger partial charge in [0.05, 0.1) is 22.6 Å². The Morgan fingerprint density at radius 3 is 2.62 bits per heavy atom. The average Bonchev–Trinajstić information content (AvgIpc) is 3.41. The Bertz CT molecular complexity index is 1080. The molecule has 3 N–H and O–H groups in total. The number of fused-ring (bicyclic) bond motifs is 1. The number of likely N-dealkylation sites (N-methyl/N-ethyl adjacent to an activating group) is 1. The number of hydrogen-bond donors (Lipinski definition) is 3. The summed E-state index contributed by atoms with van der Waals surface area (Å²) < 4.78 is 5.22. The molecule has 4 rings (SSSR count). The number of nitrogens with zero attached hydrogens (tertiary/aromatic N) is 3. The number of carbonyl (C=O) groups excluding carboxylic acids is 1. The van der Waals surface area contributed by atoms with Gasteiger partial charge in [-0.1, -0.05) is 49.4 Å². The monoisotopic (exact) mass is 526 g/mol. The van der Waals surface area contributed by atoms with Gasteiger partial charge in [-0.15, -0.1) is 11.3 Å². The number of anilines is 2. The smallest absolute Gasteiger partial charge is 0.279 e. The van der Waals surface area contributed by atoms with E-state index < -0.39 is 0 Å². The fraction of sp³-hybridized carbons (Fsp3) is 0.429. The second-order valence-corrected chi connectivity index (χ2v) is 9.49. The number of ether oxygens (including phenoxy) is 1. The number of benzene rings is 1. The van der Waals surface area contributed by atoms with Crippen LogP contribution in [-0.2, 0) is 4.74 Å². The fourth-order valence-electron chi connectivity index (χ4n) is 3.37. The molecule has 1 aliphatic rings. The summed E-state index contributed by atoms with van der Waals surface area (Å²) in [5, 5.41) is 13.1. The molecule has 0 saturated carbocycles. The molecule has 0 bridgehead atoms. The number of hydrazine groups is 1. The van der Waals surface area contributed by atoms with Crippen molar-refractivity contribution in [1.29, 1.82) is 0 Å². The summed E-state index contributed by atoms with van der Waals surface area (Å²) in [5.41, 5.74) is 3.79. The maximum Gasteiger partial charge on any atom is 0.279 e. The normalized spacial score (nSPS) is 14.0. The lowest BCUT2D eigenvalue weighted by Gasteiger charge is -2.19. The van der Waals surface area contributed by atoms with Crippen molar-refractivity contribution in [3.63, 3.8) is 0 Å². The minimum Gasteiger partial charge on any atom is -0.380 e. The SMILES string of the molecule is C/C=C/CNc1[nH]nc2sc(C(=O)NN(C)c3ccccc3)cc12.C/C=C\CC.CN1CCCOCC1. The molecule has 202 valence electrons. The highest BCUT2D eigenvalue weighted by molar-refractivity contribution is 7.20. The Morgan fingerprint density at radius 2 is 1.95 bits per heavy atom. The van der Waals surface area contributed by atoms with Crippen molar-refractivity contribution >= 4 is 39.0 Å². The third-order valence-electron chi connectivity index (χ3n) is 5.44. The van der Waals surface area contributed by atoms with Gasteiger partial charge < -0.3 is 15.0 Å². The van der Waals surface area contributed by atoms with Crippen LogP contribution in [0, 0.1) is 0 Å². The standard InChI is InChI=1S/C17H19N5OS.C6H13NO.C5H10/c1-3-4-10-18-15-13-11-14(24-17(13)20-19-15)16(23)21-22(2)12-8-6-5-7-9-12;1-7-3-2-5-8-6-4-7;1-3-5-4-2/h3-9,11H,10H2,1-2H3,(H,21,23)(H2,18,19,20);2-6H2,1H3;3,5H,4H2,1-2H3/b4-3+;;5-3-. The number of nitrogens with one attached hydrogen (secondary N) is 3. The van der Waals surface area contributed by atoms with Gasteiger partial charge >= 0.3 is 0 Å². The topological polar surface area (TPSA) is 85.5 Å². The molecule has 1 aromatic carbocycles. The van der Waals surface area contributed by atoms with Crippen LogP contribution in [0.4, 0.5) is 11.5 Å². The van der Waals surface area contributed by atoms with E-state index in [2.05, 4.69) is 52.0 Å². The largest absolute Gasteiger partial charge is 0.380 e. The van der Waals surface area contributed by atoms with Crippen molar-refractivity contribution in [2.75, 3.05) is 57.3 Å². The molecule has 37 heavy (non-hydrogen) atoms. The van der Waals surface area contributed by atoms with Gasteiger partial charge in [0.2, 0.25) is 0 Å². The Labute approximate surface area is 225 Å². The molecule has 0 radical (unpaired) electrons. The first-order valence-electron chi connectivity index (χ1n) is 12.8. The van der Waals surface area contributed by atoms with E-state index >= 15 is 0 Å². The van der Waals surface area contributed by atoms with E-state index in [9.17, 15) is 4.79 Å². The van der Waals surface area contributed by atoms with Crippen molar-refractivity contribution in [3.05, 3.63) is 65.6 Å². The molecule has 1 amide bonds. The molecule has 1 saturated heterocycles. The Morgan fingerprint density at radius 1 is 1.19 bits per heavy atom. The third kappa shape index (κ3) is 10.8. The number of para-hydroxylation sites is 1. The fourth-order valence-corrected chi connectivity index (χ4v) is 4.25. The minimum atomic E-state index is -0.149. The average molecular weight is 527 g/mol. The molecule has 1 aliphatic heterocycles. The summed E-state index contributed by atoms with van der Waals surface area (Å²) in [6.07, 6.45) is 10.5. The summed E-state index contributed by atoms with van der Waals surface area (Å²) in [6, 6.07) is 11.5. The van der Waals surface area contributed by atoms with E-state index in [4.69, 9.17) is 4.74 Å². The zero-order chi connectivity index (χ0) is 26.9.